The second-order valence-electron chi connectivity index (χ2n) is 8.33. The summed E-state index contributed by atoms with van der Waals surface area (Å²) < 4.78 is 0.852. The number of benzene rings is 1. The molecular formula is C22H24IN5O2. The van der Waals surface area contributed by atoms with Gasteiger partial charge < -0.3 is 10.4 Å². The lowest BCUT2D eigenvalue weighted by Crippen LogP contribution is -2.42. The van der Waals surface area contributed by atoms with Crippen LogP contribution in [0, 0.1) is 0 Å². The van der Waals surface area contributed by atoms with Crippen LogP contribution in [0.15, 0.2) is 29.4 Å². The molecule has 156 valence electrons. The molecule has 0 radical (unpaired) electrons. The molecule has 0 amide bonds. The zero-order valence-corrected chi connectivity index (χ0v) is 18.8. The average Bonchev–Trinajstić information content (AvgIpc) is 3.37. The molecule has 1 saturated carbocycles. The van der Waals surface area contributed by atoms with E-state index in [1.165, 1.54) is 5.56 Å². The summed E-state index contributed by atoms with van der Waals surface area (Å²) in [5.41, 5.74) is 3.45. The zero-order chi connectivity index (χ0) is 20.7. The average molecular weight is 517 g/mol. The molecule has 2 N–H and O–H groups in total. The van der Waals surface area contributed by atoms with Gasteiger partial charge in [0.15, 0.2) is 0 Å². The van der Waals surface area contributed by atoms with Gasteiger partial charge in [-0.1, -0.05) is 41.1 Å². The van der Waals surface area contributed by atoms with Crippen LogP contribution in [0.5, 0.6) is 0 Å². The largest absolute Gasteiger partial charge is 0.481 e. The first-order chi connectivity index (χ1) is 14.6. The van der Waals surface area contributed by atoms with E-state index in [0.29, 0.717) is 0 Å². The maximum atomic E-state index is 11.8. The van der Waals surface area contributed by atoms with Gasteiger partial charge in [0.2, 0.25) is 0 Å². The van der Waals surface area contributed by atoms with E-state index in [1.54, 1.807) is 0 Å². The number of hydrogen-bond acceptors (Lipinski definition) is 6. The Morgan fingerprint density at radius 1 is 1.20 bits per heavy atom. The summed E-state index contributed by atoms with van der Waals surface area (Å²) in [5, 5.41) is 19.6. The van der Waals surface area contributed by atoms with Crippen LogP contribution in [0.1, 0.15) is 54.2 Å². The lowest BCUT2D eigenvalue weighted by atomic mass is 9.64. The van der Waals surface area contributed by atoms with Crippen molar-refractivity contribution in [1.29, 1.82) is 0 Å². The SMILES string of the molecule is O=C(O)C1(c2ccc(Nc3nc(C4C=NN(CI)C4)nc4c3CCC4)cc2)CCC1. The second-order valence-corrected chi connectivity index (χ2v) is 9.01. The third-order valence-corrected chi connectivity index (χ3v) is 7.34. The molecule has 7 nitrogen and oxygen atoms in total. The van der Waals surface area contributed by atoms with Crippen molar-refractivity contribution >= 4 is 46.3 Å². The fraction of sp³-hybridized carbons (Fsp3) is 0.455. The Kier molecular flexibility index (Phi) is 5.12. The first-order valence-corrected chi connectivity index (χ1v) is 12.0. The van der Waals surface area contributed by atoms with Gasteiger partial charge in [-0.05, 0) is 49.8 Å². The molecule has 1 atom stereocenters. The van der Waals surface area contributed by atoms with Crippen molar-refractivity contribution in [2.75, 3.05) is 16.4 Å². The van der Waals surface area contributed by atoms with Crippen molar-refractivity contribution in [2.45, 2.75) is 49.9 Å². The predicted octanol–water partition coefficient (Wildman–Crippen LogP) is 3.99. The highest BCUT2D eigenvalue weighted by molar-refractivity contribution is 14.1. The Bertz CT molecular complexity index is 1000. The number of aliphatic carboxylic acids is 1. The Hall–Kier alpha value is -2.23. The topological polar surface area (TPSA) is 90.7 Å². The summed E-state index contributed by atoms with van der Waals surface area (Å²) in [7, 11) is 0. The van der Waals surface area contributed by atoms with Crippen LogP contribution in [-0.4, -0.2) is 43.4 Å². The molecule has 2 aliphatic carbocycles. The highest BCUT2D eigenvalue weighted by atomic mass is 127. The number of carboxylic acid groups (broad SMARTS) is 1. The van der Waals surface area contributed by atoms with Crippen molar-refractivity contribution in [3.63, 3.8) is 0 Å². The maximum Gasteiger partial charge on any atom is 0.314 e. The van der Waals surface area contributed by atoms with Crippen LogP contribution in [0.4, 0.5) is 11.5 Å². The first kappa shape index (κ1) is 19.7. The standard InChI is InChI=1S/C22H24IN5O2/c23-13-28-12-14(11-24-28)19-26-18-4-1-3-17(18)20(27-19)25-16-7-5-15(6-8-16)22(21(29)30)9-2-10-22/h5-8,11,14H,1-4,9-10,12-13H2,(H,29,30)(H,25,26,27). The molecule has 1 aliphatic heterocycles. The van der Waals surface area contributed by atoms with Gasteiger partial charge in [0.05, 0.1) is 22.4 Å². The molecule has 8 heteroatoms. The van der Waals surface area contributed by atoms with Gasteiger partial charge >= 0.3 is 5.97 Å². The second kappa shape index (κ2) is 7.79. The van der Waals surface area contributed by atoms with Gasteiger partial charge in [0, 0.05) is 23.2 Å². The monoisotopic (exact) mass is 517 g/mol. The summed E-state index contributed by atoms with van der Waals surface area (Å²) >= 11 is 2.31. The first-order valence-electron chi connectivity index (χ1n) is 10.4. The highest BCUT2D eigenvalue weighted by Crippen LogP contribution is 2.44. The molecule has 0 spiro atoms. The molecule has 2 heterocycles. The minimum atomic E-state index is -0.716. The summed E-state index contributed by atoms with van der Waals surface area (Å²) in [6.45, 7) is 0.813. The Morgan fingerprint density at radius 2 is 2.00 bits per heavy atom. The van der Waals surface area contributed by atoms with Gasteiger partial charge in [-0.25, -0.2) is 9.97 Å². The normalized spacial score (nSPS) is 21.4. The maximum absolute atomic E-state index is 11.8. The highest BCUT2D eigenvalue weighted by Gasteiger charge is 2.45. The van der Waals surface area contributed by atoms with E-state index in [9.17, 15) is 9.90 Å². The van der Waals surface area contributed by atoms with Gasteiger partial charge in [0.25, 0.3) is 0 Å². The number of alkyl halides is 1. The van der Waals surface area contributed by atoms with E-state index in [0.717, 1.165) is 78.2 Å². The van der Waals surface area contributed by atoms with Crippen molar-refractivity contribution < 1.29 is 9.90 Å². The number of hydrazone groups is 1. The van der Waals surface area contributed by atoms with E-state index in [2.05, 4.69) is 33.0 Å². The minimum Gasteiger partial charge on any atom is -0.481 e. The van der Waals surface area contributed by atoms with E-state index in [1.807, 2.05) is 35.5 Å². The van der Waals surface area contributed by atoms with Crippen LogP contribution in [0.25, 0.3) is 0 Å². The molecular weight excluding hydrogens is 493 g/mol. The molecule has 1 aromatic carbocycles. The Morgan fingerprint density at radius 3 is 2.63 bits per heavy atom. The number of nitrogens with zero attached hydrogens (tertiary/aromatic N) is 4. The van der Waals surface area contributed by atoms with Crippen molar-refractivity contribution in [3.8, 4) is 0 Å². The summed E-state index contributed by atoms with van der Waals surface area (Å²) in [6, 6.07) is 7.83. The fourth-order valence-corrected chi connectivity index (χ4v) is 5.07. The van der Waals surface area contributed by atoms with E-state index < -0.39 is 11.4 Å². The molecule has 1 fully saturated rings. The number of fused-ring (bicyclic) bond motifs is 1. The molecule has 30 heavy (non-hydrogen) atoms. The fourth-order valence-electron chi connectivity index (χ4n) is 4.61. The van der Waals surface area contributed by atoms with Gasteiger partial charge in [-0.2, -0.15) is 5.10 Å². The smallest absolute Gasteiger partial charge is 0.314 e. The van der Waals surface area contributed by atoms with E-state index in [4.69, 9.17) is 9.97 Å². The Balaban J connectivity index is 1.41. The minimum absolute atomic E-state index is 0.114. The van der Waals surface area contributed by atoms with Gasteiger partial charge in [-0.3, -0.25) is 9.80 Å². The zero-order valence-electron chi connectivity index (χ0n) is 16.6. The number of carboxylic acids is 1. The quantitative estimate of drug-likeness (QED) is 0.342. The summed E-state index contributed by atoms with van der Waals surface area (Å²) in [6.07, 6.45) is 7.42. The molecule has 3 aliphatic rings. The number of aryl methyl sites for hydroxylation is 1. The summed E-state index contributed by atoms with van der Waals surface area (Å²) in [5.74, 6) is 1.09. The van der Waals surface area contributed by atoms with Gasteiger partial charge in [-0.15, -0.1) is 0 Å². The number of anilines is 2. The molecule has 1 unspecified atom stereocenters. The number of halogens is 1. The van der Waals surface area contributed by atoms with Crippen LogP contribution < -0.4 is 5.32 Å². The van der Waals surface area contributed by atoms with Crippen molar-refractivity contribution in [1.82, 2.24) is 15.0 Å². The molecule has 1 aromatic heterocycles. The number of hydrogen-bond donors (Lipinski definition) is 2. The molecule has 0 saturated heterocycles. The van der Waals surface area contributed by atoms with Crippen LogP contribution in [0.2, 0.25) is 0 Å². The van der Waals surface area contributed by atoms with E-state index >= 15 is 0 Å². The molecule has 5 rings (SSSR count). The van der Waals surface area contributed by atoms with Crippen molar-refractivity contribution in [2.24, 2.45) is 5.10 Å². The van der Waals surface area contributed by atoms with Crippen molar-refractivity contribution in [3.05, 3.63) is 46.9 Å². The third-order valence-electron chi connectivity index (χ3n) is 6.55. The number of nitrogens with one attached hydrogen (secondary N) is 1. The summed E-state index contributed by atoms with van der Waals surface area (Å²) in [4.78, 5) is 21.5. The van der Waals surface area contributed by atoms with Crippen LogP contribution >= 0.6 is 22.6 Å². The van der Waals surface area contributed by atoms with Crippen LogP contribution in [-0.2, 0) is 23.1 Å². The lowest BCUT2D eigenvalue weighted by molar-refractivity contribution is -0.147. The predicted molar refractivity (Wildman–Crippen MR) is 124 cm³/mol. The number of aromatic nitrogens is 2. The van der Waals surface area contributed by atoms with E-state index in [-0.39, 0.29) is 5.92 Å². The van der Waals surface area contributed by atoms with Gasteiger partial charge in [0.1, 0.15) is 11.6 Å². The lowest BCUT2D eigenvalue weighted by Gasteiger charge is -2.38. The molecule has 0 bridgehead atoms. The number of rotatable bonds is 6. The third kappa shape index (κ3) is 3.34. The Labute approximate surface area is 189 Å². The molecule has 2 aromatic rings. The number of carbonyl (C=O) groups is 1. The van der Waals surface area contributed by atoms with Crippen LogP contribution in [0.3, 0.4) is 0 Å².